The Morgan fingerprint density at radius 2 is 1.12 bits per heavy atom. The molecule has 2 nitrogen and oxygen atoms in total. The van der Waals surface area contributed by atoms with Crippen LogP contribution in [0.25, 0.3) is 20.2 Å². The van der Waals surface area contributed by atoms with Crippen LogP contribution in [0.15, 0.2) is 57.1 Å². The van der Waals surface area contributed by atoms with Gasteiger partial charge in [-0.1, -0.05) is 23.2 Å². The normalized spacial score (nSPS) is 18.2. The van der Waals surface area contributed by atoms with Gasteiger partial charge in [-0.15, -0.1) is 22.7 Å². The van der Waals surface area contributed by atoms with Gasteiger partial charge in [0.2, 0.25) is 0 Å². The molecule has 0 N–H and O–H groups in total. The minimum Gasteiger partial charge on any atom is -0.235 e. The van der Waals surface area contributed by atoms with Gasteiger partial charge in [0, 0.05) is 20.5 Å². The van der Waals surface area contributed by atoms with E-state index in [0.717, 1.165) is 42.7 Å². The van der Waals surface area contributed by atoms with Crippen molar-refractivity contribution in [1.29, 1.82) is 0 Å². The number of hydrogen-bond donors (Lipinski definition) is 0. The van der Waals surface area contributed by atoms with Crippen LogP contribution in [-0.4, -0.2) is 10.3 Å². The molecule has 3 heterocycles. The molecule has 0 saturated heterocycles. The van der Waals surface area contributed by atoms with Gasteiger partial charge in [-0.3, -0.25) is 0 Å². The third kappa shape index (κ3) is 2.22. The smallest absolute Gasteiger partial charge is 0.139 e. The van der Waals surface area contributed by atoms with Crippen LogP contribution in [-0.2, 0) is 0 Å². The summed E-state index contributed by atoms with van der Waals surface area (Å²) in [5.74, 6) is 0. The third-order valence-electron chi connectivity index (χ3n) is 4.02. The minimum absolute atomic E-state index is 0.434. The monoisotopic (exact) mass is 386 g/mol. The van der Waals surface area contributed by atoms with Crippen LogP contribution in [0, 0.1) is 0 Å². The van der Waals surface area contributed by atoms with E-state index < -0.39 is 0 Å². The highest BCUT2D eigenvalue weighted by Gasteiger charge is 2.18. The first-order chi connectivity index (χ1) is 11.7. The van der Waals surface area contributed by atoms with E-state index in [1.165, 1.54) is 0 Å². The first kappa shape index (κ1) is 14.6. The van der Waals surface area contributed by atoms with Crippen molar-refractivity contribution in [3.05, 3.63) is 58.3 Å². The molecule has 2 aromatic heterocycles. The Balaban J connectivity index is 1.84. The highest BCUT2D eigenvalue weighted by Crippen LogP contribution is 2.37. The van der Waals surface area contributed by atoms with Gasteiger partial charge in [0.15, 0.2) is 0 Å². The Morgan fingerprint density at radius 3 is 1.58 bits per heavy atom. The standard InChI is InChI=1S/C18H8Cl2N2S2/c19-17-11-7-15-9(1-3-23-15)5-13(11)21-18(20)12-8-16-10(2-4-24-16)6-14(12)22-17/h1-8H/b17-11?,18-12?,21-13?,21-18+,22-14?,22-17+. The predicted molar refractivity (Wildman–Crippen MR) is 108 cm³/mol. The van der Waals surface area contributed by atoms with Crippen LogP contribution < -0.4 is 0 Å². The van der Waals surface area contributed by atoms with Crippen LogP contribution >= 0.6 is 45.9 Å². The van der Waals surface area contributed by atoms with E-state index in [2.05, 4.69) is 32.9 Å². The van der Waals surface area contributed by atoms with Crippen LogP contribution in [0.4, 0.5) is 11.4 Å². The van der Waals surface area contributed by atoms with Gasteiger partial charge in [0.25, 0.3) is 0 Å². The predicted octanol–water partition coefficient (Wildman–Crippen LogP) is 7.06. The summed E-state index contributed by atoms with van der Waals surface area (Å²) in [5.41, 5.74) is 3.11. The summed E-state index contributed by atoms with van der Waals surface area (Å²) in [5, 5.41) is 7.23. The highest BCUT2D eigenvalue weighted by molar-refractivity contribution is 7.17. The molecule has 116 valence electrons. The molecule has 0 amide bonds. The van der Waals surface area contributed by atoms with Gasteiger partial charge in [-0.2, -0.15) is 0 Å². The van der Waals surface area contributed by atoms with E-state index in [-0.39, 0.29) is 0 Å². The number of nitrogens with zero attached hydrogens (tertiary/aromatic N) is 2. The summed E-state index contributed by atoms with van der Waals surface area (Å²) in [6, 6.07) is 12.2. The Labute approximate surface area is 155 Å². The van der Waals surface area contributed by atoms with Gasteiger partial charge in [-0.05, 0) is 57.9 Å². The SMILES string of the molecule is Cl/C1=N/c2cc3ccsc3cc2/C(Cl)=N\c2cc3ccsc3cc21. The summed E-state index contributed by atoms with van der Waals surface area (Å²) in [4.78, 5) is 9.28. The van der Waals surface area contributed by atoms with Crippen LogP contribution in [0.2, 0.25) is 0 Å². The molecular formula is C18H8Cl2N2S2. The molecule has 24 heavy (non-hydrogen) atoms. The average molecular weight is 387 g/mol. The number of fused-ring (bicyclic) bond motifs is 4. The maximum Gasteiger partial charge on any atom is 0.139 e. The van der Waals surface area contributed by atoms with Gasteiger partial charge < -0.3 is 0 Å². The van der Waals surface area contributed by atoms with Gasteiger partial charge in [0.05, 0.1) is 11.4 Å². The maximum atomic E-state index is 6.54. The molecule has 0 unspecified atom stereocenters. The molecule has 0 radical (unpaired) electrons. The van der Waals surface area contributed by atoms with E-state index in [9.17, 15) is 0 Å². The molecule has 0 aliphatic carbocycles. The van der Waals surface area contributed by atoms with Crippen molar-refractivity contribution in [2.75, 3.05) is 0 Å². The lowest BCUT2D eigenvalue weighted by atomic mass is 10.1. The lowest BCUT2D eigenvalue weighted by molar-refractivity contribution is 1.47. The van der Waals surface area contributed by atoms with Crippen molar-refractivity contribution < 1.29 is 0 Å². The summed E-state index contributed by atoms with van der Waals surface area (Å²) in [6.45, 7) is 0. The number of rotatable bonds is 0. The summed E-state index contributed by atoms with van der Waals surface area (Å²) < 4.78 is 2.31. The van der Waals surface area contributed by atoms with E-state index >= 15 is 0 Å². The molecule has 0 saturated carbocycles. The largest absolute Gasteiger partial charge is 0.235 e. The van der Waals surface area contributed by atoms with Crippen LogP contribution in [0.3, 0.4) is 0 Å². The fraction of sp³-hybridized carbons (Fsp3) is 0. The molecule has 1 aliphatic rings. The van der Waals surface area contributed by atoms with E-state index in [1.807, 2.05) is 24.3 Å². The second-order valence-corrected chi connectivity index (χ2v) is 8.07. The Bertz CT molecular complexity index is 1090. The van der Waals surface area contributed by atoms with Crippen molar-refractivity contribution in [2.45, 2.75) is 0 Å². The number of aliphatic imine (C=N–C) groups is 2. The zero-order valence-corrected chi connectivity index (χ0v) is 15.2. The quantitative estimate of drug-likeness (QED) is 0.308. The van der Waals surface area contributed by atoms with Gasteiger partial charge in [-0.25, -0.2) is 9.98 Å². The zero-order chi connectivity index (χ0) is 16.3. The topological polar surface area (TPSA) is 24.7 Å². The second kappa shape index (κ2) is 5.39. The molecule has 1 aliphatic heterocycles. The molecule has 6 heteroatoms. The summed E-state index contributed by atoms with van der Waals surface area (Å²) in [7, 11) is 0. The van der Waals surface area contributed by atoms with Crippen LogP contribution in [0.5, 0.6) is 0 Å². The third-order valence-corrected chi connectivity index (χ3v) is 6.36. The van der Waals surface area contributed by atoms with E-state index in [1.54, 1.807) is 22.7 Å². The average Bonchev–Trinajstić information content (AvgIpc) is 3.19. The van der Waals surface area contributed by atoms with E-state index in [0.29, 0.717) is 10.3 Å². The first-order valence-electron chi connectivity index (χ1n) is 7.21. The zero-order valence-electron chi connectivity index (χ0n) is 12.1. The first-order valence-corrected chi connectivity index (χ1v) is 9.72. The molecule has 2 aromatic carbocycles. The summed E-state index contributed by atoms with van der Waals surface area (Å²) >= 11 is 16.4. The second-order valence-electron chi connectivity index (χ2n) is 5.46. The van der Waals surface area contributed by atoms with Crippen molar-refractivity contribution in [2.24, 2.45) is 9.98 Å². The number of thiophene rings is 2. The lowest BCUT2D eigenvalue weighted by Crippen LogP contribution is -2.00. The lowest BCUT2D eigenvalue weighted by Gasteiger charge is -2.12. The fourth-order valence-corrected chi connectivity index (χ4v) is 4.95. The molecule has 0 spiro atoms. The molecule has 0 atom stereocenters. The van der Waals surface area contributed by atoms with E-state index in [4.69, 9.17) is 23.2 Å². The molecule has 5 rings (SSSR count). The van der Waals surface area contributed by atoms with Crippen molar-refractivity contribution >= 4 is 87.8 Å². The number of halogens is 2. The molecule has 0 bridgehead atoms. The highest BCUT2D eigenvalue weighted by atomic mass is 35.5. The van der Waals surface area contributed by atoms with Crippen LogP contribution in [0.1, 0.15) is 11.1 Å². The maximum absolute atomic E-state index is 6.54. The fourth-order valence-electron chi connectivity index (χ4n) is 2.84. The number of hydrogen-bond acceptors (Lipinski definition) is 4. The molecule has 0 fully saturated rings. The molecule has 4 aromatic rings. The van der Waals surface area contributed by atoms with Crippen molar-refractivity contribution in [3.8, 4) is 0 Å². The minimum atomic E-state index is 0.434. The summed E-state index contributed by atoms with van der Waals surface area (Å²) in [6.07, 6.45) is 0. The van der Waals surface area contributed by atoms with Crippen molar-refractivity contribution in [3.63, 3.8) is 0 Å². The Morgan fingerprint density at radius 1 is 0.667 bits per heavy atom. The Hall–Kier alpha value is -1.72. The molecular weight excluding hydrogens is 379 g/mol. The Kier molecular flexibility index (Phi) is 3.28. The van der Waals surface area contributed by atoms with Gasteiger partial charge in [0.1, 0.15) is 10.3 Å². The van der Waals surface area contributed by atoms with Gasteiger partial charge >= 0.3 is 0 Å². The number of benzene rings is 2. The van der Waals surface area contributed by atoms with Crippen molar-refractivity contribution in [1.82, 2.24) is 0 Å².